The lowest BCUT2D eigenvalue weighted by Gasteiger charge is -2.39. The summed E-state index contributed by atoms with van der Waals surface area (Å²) in [7, 11) is 1.64. The van der Waals surface area contributed by atoms with E-state index in [1.807, 2.05) is 13.0 Å². The second-order valence-corrected chi connectivity index (χ2v) is 5.53. The van der Waals surface area contributed by atoms with Crippen molar-refractivity contribution in [3.63, 3.8) is 0 Å². The number of ether oxygens (including phenoxy) is 1. The standard InChI is InChI=1S/C16H24N2O3/c1-3-18(13-5-4-6-14(19)11-13)15(20)16(12-21-2)7-9-17-10-8-16/h4-6,11,17,19H,3,7-10,12H2,1-2H3. The van der Waals surface area contributed by atoms with E-state index in [-0.39, 0.29) is 11.7 Å². The van der Waals surface area contributed by atoms with Crippen molar-refractivity contribution >= 4 is 11.6 Å². The number of hydrogen-bond donors (Lipinski definition) is 2. The number of rotatable bonds is 5. The molecule has 1 aliphatic heterocycles. The van der Waals surface area contributed by atoms with Crippen LogP contribution in [0.1, 0.15) is 19.8 Å². The van der Waals surface area contributed by atoms with E-state index in [1.165, 1.54) is 0 Å². The van der Waals surface area contributed by atoms with E-state index in [4.69, 9.17) is 4.74 Å². The van der Waals surface area contributed by atoms with Crippen LogP contribution in [-0.4, -0.2) is 44.4 Å². The molecule has 0 unspecified atom stereocenters. The molecule has 0 spiro atoms. The maximum Gasteiger partial charge on any atom is 0.235 e. The molecule has 5 nitrogen and oxygen atoms in total. The zero-order valence-corrected chi connectivity index (χ0v) is 12.8. The highest BCUT2D eigenvalue weighted by atomic mass is 16.5. The van der Waals surface area contributed by atoms with Crippen LogP contribution in [0.4, 0.5) is 5.69 Å². The van der Waals surface area contributed by atoms with E-state index in [1.54, 1.807) is 30.2 Å². The minimum absolute atomic E-state index is 0.0824. The molecular formula is C16H24N2O3. The molecule has 1 fully saturated rings. The number of anilines is 1. The summed E-state index contributed by atoms with van der Waals surface area (Å²) in [6.07, 6.45) is 1.55. The van der Waals surface area contributed by atoms with Gasteiger partial charge in [-0.1, -0.05) is 6.07 Å². The van der Waals surface area contributed by atoms with Crippen LogP contribution in [0.5, 0.6) is 5.75 Å². The van der Waals surface area contributed by atoms with Crippen molar-refractivity contribution in [2.24, 2.45) is 5.41 Å². The molecule has 1 aromatic rings. The fourth-order valence-electron chi connectivity index (χ4n) is 2.99. The largest absolute Gasteiger partial charge is 0.508 e. The van der Waals surface area contributed by atoms with Crippen molar-refractivity contribution in [2.45, 2.75) is 19.8 Å². The second-order valence-electron chi connectivity index (χ2n) is 5.53. The smallest absolute Gasteiger partial charge is 0.235 e. The normalized spacial score (nSPS) is 17.4. The van der Waals surface area contributed by atoms with E-state index >= 15 is 0 Å². The van der Waals surface area contributed by atoms with Gasteiger partial charge in [-0.05, 0) is 45.0 Å². The van der Waals surface area contributed by atoms with E-state index in [9.17, 15) is 9.90 Å². The predicted octanol–water partition coefficient (Wildman–Crippen LogP) is 1.76. The Kier molecular flexibility index (Phi) is 5.20. The molecule has 1 heterocycles. The van der Waals surface area contributed by atoms with Crippen LogP contribution < -0.4 is 10.2 Å². The highest BCUT2D eigenvalue weighted by molar-refractivity contribution is 5.98. The van der Waals surface area contributed by atoms with Gasteiger partial charge in [-0.2, -0.15) is 0 Å². The molecule has 2 N–H and O–H groups in total. The number of phenolic OH excluding ortho intramolecular Hbond substituents is 1. The quantitative estimate of drug-likeness (QED) is 0.868. The molecule has 116 valence electrons. The lowest BCUT2D eigenvalue weighted by atomic mass is 9.78. The first-order valence-corrected chi connectivity index (χ1v) is 7.43. The fourth-order valence-corrected chi connectivity index (χ4v) is 2.99. The summed E-state index contributed by atoms with van der Waals surface area (Å²) < 4.78 is 5.34. The molecular weight excluding hydrogens is 268 g/mol. The van der Waals surface area contributed by atoms with Crippen molar-refractivity contribution in [1.82, 2.24) is 5.32 Å². The Morgan fingerprint density at radius 3 is 2.71 bits per heavy atom. The van der Waals surface area contributed by atoms with Crippen LogP contribution in [0.15, 0.2) is 24.3 Å². The molecule has 0 aliphatic carbocycles. The summed E-state index contributed by atoms with van der Waals surface area (Å²) in [6.45, 7) is 4.60. The minimum Gasteiger partial charge on any atom is -0.508 e. The summed E-state index contributed by atoms with van der Waals surface area (Å²) in [6, 6.07) is 6.84. The number of carbonyl (C=O) groups excluding carboxylic acids is 1. The van der Waals surface area contributed by atoms with Gasteiger partial charge < -0.3 is 20.1 Å². The van der Waals surface area contributed by atoms with Crippen LogP contribution in [0, 0.1) is 5.41 Å². The van der Waals surface area contributed by atoms with E-state index < -0.39 is 5.41 Å². The molecule has 21 heavy (non-hydrogen) atoms. The molecule has 1 saturated heterocycles. The summed E-state index contributed by atoms with van der Waals surface area (Å²) in [5.74, 6) is 0.254. The summed E-state index contributed by atoms with van der Waals surface area (Å²) in [5.41, 5.74) is 0.262. The number of benzene rings is 1. The highest BCUT2D eigenvalue weighted by Gasteiger charge is 2.42. The lowest BCUT2D eigenvalue weighted by molar-refractivity contribution is -0.133. The van der Waals surface area contributed by atoms with Gasteiger partial charge in [0.1, 0.15) is 5.75 Å². The van der Waals surface area contributed by atoms with Crippen molar-refractivity contribution in [2.75, 3.05) is 38.3 Å². The number of methoxy groups -OCH3 is 1. The van der Waals surface area contributed by atoms with E-state index in [0.717, 1.165) is 31.6 Å². The van der Waals surface area contributed by atoms with E-state index in [2.05, 4.69) is 5.32 Å². The first-order valence-electron chi connectivity index (χ1n) is 7.43. The first kappa shape index (κ1) is 15.8. The van der Waals surface area contributed by atoms with Crippen LogP contribution >= 0.6 is 0 Å². The number of hydrogen-bond acceptors (Lipinski definition) is 4. The molecule has 1 aliphatic rings. The molecule has 0 aromatic heterocycles. The summed E-state index contributed by atoms with van der Waals surface area (Å²) in [5, 5.41) is 12.9. The maximum absolute atomic E-state index is 13.1. The van der Waals surface area contributed by atoms with Gasteiger partial charge in [0, 0.05) is 25.4 Å². The third-order valence-corrected chi connectivity index (χ3v) is 4.14. The first-order chi connectivity index (χ1) is 10.1. The second kappa shape index (κ2) is 6.91. The molecule has 0 bridgehead atoms. The van der Waals surface area contributed by atoms with Gasteiger partial charge in [-0.25, -0.2) is 0 Å². The fraction of sp³-hybridized carbons (Fsp3) is 0.562. The molecule has 0 saturated carbocycles. The lowest BCUT2D eigenvalue weighted by Crippen LogP contribution is -2.51. The number of phenols is 1. The number of aromatic hydroxyl groups is 1. The average molecular weight is 292 g/mol. The average Bonchev–Trinajstić information content (AvgIpc) is 2.49. The SMILES string of the molecule is CCN(C(=O)C1(COC)CCNCC1)c1cccc(O)c1. The maximum atomic E-state index is 13.1. The van der Waals surface area contributed by atoms with Gasteiger partial charge in [0.15, 0.2) is 0 Å². The molecule has 1 aromatic carbocycles. The Balaban J connectivity index is 2.29. The van der Waals surface area contributed by atoms with Crippen LogP contribution in [0.2, 0.25) is 0 Å². The molecule has 5 heteroatoms. The number of piperidine rings is 1. The van der Waals surface area contributed by atoms with Crippen LogP contribution in [0.25, 0.3) is 0 Å². The summed E-state index contributed by atoms with van der Waals surface area (Å²) >= 11 is 0. The molecule has 0 atom stereocenters. The Hall–Kier alpha value is -1.59. The van der Waals surface area contributed by atoms with Crippen molar-refractivity contribution in [3.8, 4) is 5.75 Å². The van der Waals surface area contributed by atoms with Crippen molar-refractivity contribution in [1.29, 1.82) is 0 Å². The summed E-state index contributed by atoms with van der Waals surface area (Å²) in [4.78, 5) is 14.8. The minimum atomic E-state index is -0.471. The van der Waals surface area contributed by atoms with Gasteiger partial charge in [-0.3, -0.25) is 4.79 Å². The van der Waals surface area contributed by atoms with Gasteiger partial charge in [0.2, 0.25) is 5.91 Å². The molecule has 1 amide bonds. The van der Waals surface area contributed by atoms with Crippen molar-refractivity contribution in [3.05, 3.63) is 24.3 Å². The van der Waals surface area contributed by atoms with Gasteiger partial charge in [0.25, 0.3) is 0 Å². The highest BCUT2D eigenvalue weighted by Crippen LogP contribution is 2.34. The predicted molar refractivity (Wildman–Crippen MR) is 82.5 cm³/mol. The number of nitrogens with one attached hydrogen (secondary N) is 1. The molecule has 0 radical (unpaired) electrons. The Morgan fingerprint density at radius 1 is 1.43 bits per heavy atom. The van der Waals surface area contributed by atoms with Gasteiger partial charge in [0.05, 0.1) is 12.0 Å². The van der Waals surface area contributed by atoms with Crippen LogP contribution in [-0.2, 0) is 9.53 Å². The number of carbonyl (C=O) groups is 1. The van der Waals surface area contributed by atoms with E-state index in [0.29, 0.717) is 13.2 Å². The third kappa shape index (κ3) is 3.36. The Bertz CT molecular complexity index is 479. The Morgan fingerprint density at radius 2 is 2.14 bits per heavy atom. The molecule has 2 rings (SSSR count). The number of nitrogens with zero attached hydrogens (tertiary/aromatic N) is 1. The monoisotopic (exact) mass is 292 g/mol. The van der Waals surface area contributed by atoms with Gasteiger partial charge >= 0.3 is 0 Å². The Labute approximate surface area is 125 Å². The topological polar surface area (TPSA) is 61.8 Å². The van der Waals surface area contributed by atoms with Gasteiger partial charge in [-0.15, -0.1) is 0 Å². The number of amides is 1. The zero-order chi connectivity index (χ0) is 15.3. The van der Waals surface area contributed by atoms with Crippen molar-refractivity contribution < 1.29 is 14.6 Å². The zero-order valence-electron chi connectivity index (χ0n) is 12.8. The third-order valence-electron chi connectivity index (χ3n) is 4.14. The van der Waals surface area contributed by atoms with Crippen LogP contribution in [0.3, 0.4) is 0 Å².